The number of aryl methyl sites for hydroxylation is 1. The molecule has 0 saturated carbocycles. The number of rotatable bonds is 6. The lowest BCUT2D eigenvalue weighted by molar-refractivity contribution is 0.346. The number of imidazole rings is 1. The third-order valence-corrected chi connectivity index (χ3v) is 9.25. The van der Waals surface area contributed by atoms with E-state index < -0.39 is 10.0 Å². The number of aromatic amines is 1. The number of aromatic nitrogens is 4. The molecule has 0 spiro atoms. The zero-order valence-electron chi connectivity index (χ0n) is 19.2. The first-order valence-electron chi connectivity index (χ1n) is 11.5. The molecule has 0 radical (unpaired) electrons. The molecule has 34 heavy (non-hydrogen) atoms. The van der Waals surface area contributed by atoms with E-state index in [2.05, 4.69) is 14.5 Å². The summed E-state index contributed by atoms with van der Waals surface area (Å²) >= 11 is 1.49. The van der Waals surface area contributed by atoms with Crippen LogP contribution in [0.3, 0.4) is 0 Å². The number of para-hydroxylation sites is 1. The van der Waals surface area contributed by atoms with Crippen molar-refractivity contribution in [2.24, 2.45) is 0 Å². The molecule has 1 fully saturated rings. The normalized spacial score (nSPS) is 16.3. The van der Waals surface area contributed by atoms with E-state index in [1.807, 2.05) is 38.1 Å². The van der Waals surface area contributed by atoms with E-state index in [1.54, 1.807) is 22.5 Å². The lowest BCUT2D eigenvalue weighted by Crippen LogP contribution is -2.35. The molecule has 0 unspecified atom stereocenters. The highest BCUT2D eigenvalue weighted by molar-refractivity contribution is 7.99. The fourth-order valence-electron chi connectivity index (χ4n) is 4.41. The van der Waals surface area contributed by atoms with Crippen LogP contribution in [0, 0.1) is 0 Å². The zero-order chi connectivity index (χ0) is 23.9. The summed E-state index contributed by atoms with van der Waals surface area (Å²) in [5.74, 6) is 0.580. The number of piperidine rings is 1. The van der Waals surface area contributed by atoms with Crippen molar-refractivity contribution in [3.05, 3.63) is 58.6 Å². The van der Waals surface area contributed by atoms with Crippen molar-refractivity contribution in [2.75, 3.05) is 13.1 Å². The molecule has 5 rings (SSSR count). The van der Waals surface area contributed by atoms with Gasteiger partial charge in [0.2, 0.25) is 10.0 Å². The van der Waals surface area contributed by atoms with E-state index in [0.29, 0.717) is 41.9 Å². The minimum absolute atomic E-state index is 0.157. The summed E-state index contributed by atoms with van der Waals surface area (Å²) in [6.07, 6.45) is 2.87. The average Bonchev–Trinajstić information content (AvgIpc) is 3.20. The van der Waals surface area contributed by atoms with Gasteiger partial charge < -0.3 is 9.55 Å². The van der Waals surface area contributed by atoms with Crippen LogP contribution in [0.1, 0.15) is 44.2 Å². The maximum absolute atomic E-state index is 13.1. The van der Waals surface area contributed by atoms with Gasteiger partial charge in [0.25, 0.3) is 5.56 Å². The Morgan fingerprint density at radius 1 is 1.06 bits per heavy atom. The fraction of sp³-hybridized carbons (Fsp3) is 0.375. The summed E-state index contributed by atoms with van der Waals surface area (Å²) in [5, 5.41) is 1.16. The second kappa shape index (κ2) is 9.16. The van der Waals surface area contributed by atoms with Gasteiger partial charge in [0, 0.05) is 19.6 Å². The SMILES string of the molecule is CCn1c(S[C@@H](C)c2nc3ccccc3c(=O)[nH]2)nc2cc(S(=O)(=O)N3CCCCC3)ccc21. The molecule has 2 aromatic carbocycles. The van der Waals surface area contributed by atoms with E-state index >= 15 is 0 Å². The van der Waals surface area contributed by atoms with Crippen molar-refractivity contribution in [1.82, 2.24) is 23.8 Å². The molecule has 0 amide bonds. The number of sulfonamides is 1. The van der Waals surface area contributed by atoms with Gasteiger partial charge in [0.05, 0.1) is 32.1 Å². The summed E-state index contributed by atoms with van der Waals surface area (Å²) in [5.41, 5.74) is 2.03. The van der Waals surface area contributed by atoms with Crippen molar-refractivity contribution in [2.45, 2.75) is 55.0 Å². The molecule has 2 aromatic heterocycles. The Kier molecular flexibility index (Phi) is 6.22. The highest BCUT2D eigenvalue weighted by atomic mass is 32.2. The van der Waals surface area contributed by atoms with Crippen LogP contribution in [0.2, 0.25) is 0 Å². The summed E-state index contributed by atoms with van der Waals surface area (Å²) in [4.78, 5) is 25.1. The van der Waals surface area contributed by atoms with E-state index in [1.165, 1.54) is 11.8 Å². The number of thioether (sulfide) groups is 1. The molecule has 1 N–H and O–H groups in total. The van der Waals surface area contributed by atoms with Crippen molar-refractivity contribution in [1.29, 1.82) is 0 Å². The number of H-pyrrole nitrogens is 1. The maximum atomic E-state index is 13.1. The molecule has 8 nitrogen and oxygen atoms in total. The first kappa shape index (κ1) is 23.1. The molecule has 0 bridgehead atoms. The van der Waals surface area contributed by atoms with Crippen molar-refractivity contribution in [3.8, 4) is 0 Å². The van der Waals surface area contributed by atoms with Gasteiger partial charge in [-0.2, -0.15) is 4.31 Å². The van der Waals surface area contributed by atoms with Gasteiger partial charge in [-0.15, -0.1) is 0 Å². The lowest BCUT2D eigenvalue weighted by Gasteiger charge is -2.25. The Bertz CT molecular complexity index is 1520. The predicted molar refractivity (Wildman–Crippen MR) is 135 cm³/mol. The Labute approximate surface area is 202 Å². The van der Waals surface area contributed by atoms with Crippen LogP contribution in [0.15, 0.2) is 57.3 Å². The molecular formula is C24H27N5O3S2. The summed E-state index contributed by atoms with van der Waals surface area (Å²) in [7, 11) is -3.53. The number of fused-ring (bicyclic) bond motifs is 2. The molecule has 0 aliphatic carbocycles. The average molecular weight is 498 g/mol. The van der Waals surface area contributed by atoms with Crippen LogP contribution in [0.4, 0.5) is 0 Å². The zero-order valence-corrected chi connectivity index (χ0v) is 20.8. The minimum Gasteiger partial charge on any atom is -0.319 e. The molecule has 1 aliphatic heterocycles. The van der Waals surface area contributed by atoms with Crippen LogP contribution >= 0.6 is 11.8 Å². The van der Waals surface area contributed by atoms with E-state index in [9.17, 15) is 13.2 Å². The third-order valence-electron chi connectivity index (χ3n) is 6.25. The smallest absolute Gasteiger partial charge is 0.258 e. The quantitative estimate of drug-likeness (QED) is 0.398. The molecule has 3 heterocycles. The molecule has 4 aromatic rings. The van der Waals surface area contributed by atoms with Crippen molar-refractivity contribution >= 4 is 43.7 Å². The first-order valence-corrected chi connectivity index (χ1v) is 13.9. The molecular weight excluding hydrogens is 470 g/mol. The number of benzene rings is 2. The number of nitrogens with one attached hydrogen (secondary N) is 1. The predicted octanol–water partition coefficient (Wildman–Crippen LogP) is 4.32. The Morgan fingerprint density at radius 2 is 1.82 bits per heavy atom. The molecule has 1 saturated heterocycles. The van der Waals surface area contributed by atoms with Gasteiger partial charge in [-0.3, -0.25) is 4.79 Å². The number of nitrogens with zero attached hydrogens (tertiary/aromatic N) is 4. The third kappa shape index (κ3) is 4.14. The van der Waals surface area contributed by atoms with Gasteiger partial charge in [0.1, 0.15) is 5.82 Å². The van der Waals surface area contributed by atoms with E-state index in [0.717, 1.165) is 29.9 Å². The first-order chi connectivity index (χ1) is 16.4. The second-order valence-corrected chi connectivity index (χ2v) is 11.7. The number of hydrogen-bond donors (Lipinski definition) is 1. The molecule has 178 valence electrons. The molecule has 1 atom stereocenters. The van der Waals surface area contributed by atoms with Crippen molar-refractivity contribution in [3.63, 3.8) is 0 Å². The highest BCUT2D eigenvalue weighted by Gasteiger charge is 2.27. The van der Waals surface area contributed by atoms with E-state index in [4.69, 9.17) is 4.98 Å². The fourth-order valence-corrected chi connectivity index (χ4v) is 6.99. The summed E-state index contributed by atoms with van der Waals surface area (Å²) < 4.78 is 29.9. The van der Waals surface area contributed by atoms with E-state index in [-0.39, 0.29) is 15.7 Å². The molecule has 10 heteroatoms. The molecule has 1 aliphatic rings. The number of hydrogen-bond acceptors (Lipinski definition) is 6. The van der Waals surface area contributed by atoms with Gasteiger partial charge in [-0.25, -0.2) is 18.4 Å². The van der Waals surface area contributed by atoms with Crippen LogP contribution in [-0.2, 0) is 16.6 Å². The van der Waals surface area contributed by atoms with Gasteiger partial charge >= 0.3 is 0 Å². The Hall–Kier alpha value is -2.69. The Balaban J connectivity index is 1.48. The topological polar surface area (TPSA) is 101 Å². The largest absolute Gasteiger partial charge is 0.319 e. The van der Waals surface area contributed by atoms with Crippen LogP contribution < -0.4 is 5.56 Å². The Morgan fingerprint density at radius 3 is 2.59 bits per heavy atom. The lowest BCUT2D eigenvalue weighted by atomic mass is 10.2. The van der Waals surface area contributed by atoms with Crippen LogP contribution in [-0.4, -0.2) is 45.3 Å². The summed E-state index contributed by atoms with van der Waals surface area (Å²) in [6.45, 7) is 5.83. The summed E-state index contributed by atoms with van der Waals surface area (Å²) in [6, 6.07) is 12.5. The maximum Gasteiger partial charge on any atom is 0.258 e. The van der Waals surface area contributed by atoms with Crippen LogP contribution in [0.5, 0.6) is 0 Å². The van der Waals surface area contributed by atoms with Crippen LogP contribution in [0.25, 0.3) is 21.9 Å². The van der Waals surface area contributed by atoms with Crippen molar-refractivity contribution < 1.29 is 8.42 Å². The second-order valence-electron chi connectivity index (χ2n) is 8.48. The van der Waals surface area contributed by atoms with Gasteiger partial charge in [0.15, 0.2) is 5.16 Å². The van der Waals surface area contributed by atoms with Gasteiger partial charge in [-0.05, 0) is 57.0 Å². The monoisotopic (exact) mass is 497 g/mol. The van der Waals surface area contributed by atoms with Gasteiger partial charge in [-0.1, -0.05) is 30.3 Å². The standard InChI is InChI=1S/C24H27N5O3S2/c1-3-29-21-12-11-17(34(31,32)28-13-7-4-8-14-28)15-20(21)26-24(29)33-16(2)22-25-19-10-6-5-9-18(19)23(30)27-22/h5-6,9-12,15-16H,3-4,7-8,13-14H2,1-2H3,(H,25,27,30)/t16-/m0/s1. The minimum atomic E-state index is -3.53. The highest BCUT2D eigenvalue weighted by Crippen LogP contribution is 2.35.